The number of anilines is 2. The summed E-state index contributed by atoms with van der Waals surface area (Å²) >= 11 is 4.39. The third kappa shape index (κ3) is 3.31. The van der Waals surface area contributed by atoms with Gasteiger partial charge in [0.25, 0.3) is 5.91 Å². The monoisotopic (exact) mass is 435 g/mol. The van der Waals surface area contributed by atoms with E-state index in [1.54, 1.807) is 6.07 Å². The van der Waals surface area contributed by atoms with Crippen molar-refractivity contribution in [2.75, 3.05) is 9.80 Å². The summed E-state index contributed by atoms with van der Waals surface area (Å²) < 4.78 is 54.1. The third-order valence-corrected chi connectivity index (χ3v) is 5.18. The quantitative estimate of drug-likeness (QED) is 0.573. The van der Waals surface area contributed by atoms with Crippen molar-refractivity contribution in [3.05, 3.63) is 53.1 Å². The van der Waals surface area contributed by atoms with Gasteiger partial charge in [-0.3, -0.25) is 9.69 Å². The van der Waals surface area contributed by atoms with E-state index in [1.807, 2.05) is 0 Å². The Balaban J connectivity index is 2.11. The lowest BCUT2D eigenvalue weighted by molar-refractivity contribution is -0.138. The molecular weight excluding hydrogens is 422 g/mol. The predicted molar refractivity (Wildman–Crippen MR) is 102 cm³/mol. The molecule has 0 saturated carbocycles. The molecule has 154 valence electrons. The summed E-state index contributed by atoms with van der Waals surface area (Å²) in [5.74, 6) is -1.41. The second-order valence-electron chi connectivity index (χ2n) is 6.93. The van der Waals surface area contributed by atoms with Crippen LogP contribution < -0.4 is 9.80 Å². The van der Waals surface area contributed by atoms with Crippen LogP contribution in [-0.4, -0.2) is 21.9 Å². The van der Waals surface area contributed by atoms with Crippen molar-refractivity contribution in [1.29, 1.82) is 10.5 Å². The molecule has 1 atom stereocenters. The van der Waals surface area contributed by atoms with E-state index in [2.05, 4.69) is 17.6 Å². The summed E-state index contributed by atoms with van der Waals surface area (Å²) in [5, 5.41) is 17.8. The molecule has 1 saturated heterocycles. The molecule has 3 rings (SSSR count). The maximum atomic E-state index is 14.1. The molecule has 11 heteroatoms. The van der Waals surface area contributed by atoms with Gasteiger partial charge in [0.2, 0.25) is 0 Å². The van der Waals surface area contributed by atoms with Gasteiger partial charge in [-0.25, -0.2) is 9.37 Å². The smallest absolute Gasteiger partial charge is 0.328 e. The van der Waals surface area contributed by atoms with Crippen molar-refractivity contribution in [1.82, 2.24) is 4.98 Å². The number of halogens is 4. The Hall–Kier alpha value is -3.31. The number of carbonyl (C=O) groups excluding carboxylic acids is 1. The minimum Gasteiger partial charge on any atom is -0.328 e. The summed E-state index contributed by atoms with van der Waals surface area (Å²) in [6, 6.07) is 7.43. The minimum atomic E-state index is -4.85. The maximum absolute atomic E-state index is 14.1. The molecule has 1 aromatic carbocycles. The Kier molecular flexibility index (Phi) is 5.12. The molecule has 0 spiro atoms. The summed E-state index contributed by atoms with van der Waals surface area (Å²) in [4.78, 5) is 19.0. The van der Waals surface area contributed by atoms with Crippen LogP contribution in [0.15, 0.2) is 30.5 Å². The van der Waals surface area contributed by atoms with Crippen molar-refractivity contribution < 1.29 is 22.4 Å². The highest BCUT2D eigenvalue weighted by Gasteiger charge is 2.52. The second kappa shape index (κ2) is 7.18. The molecule has 0 aliphatic carbocycles. The molecule has 6 nitrogen and oxygen atoms in total. The third-order valence-electron chi connectivity index (χ3n) is 4.72. The number of hydrogen-bond acceptors (Lipinski definition) is 6. The van der Waals surface area contributed by atoms with Crippen molar-refractivity contribution in [2.24, 2.45) is 0 Å². The van der Waals surface area contributed by atoms with Crippen LogP contribution in [0, 0.1) is 28.5 Å². The number of carbonyl (C=O) groups is 1. The normalized spacial score (nSPS) is 18.3. The number of thiol groups is 1. The largest absolute Gasteiger partial charge is 0.419 e. The number of hydrogen-bond donors (Lipinski definition) is 1. The second-order valence-corrected chi connectivity index (χ2v) is 7.39. The molecular formula is C19H13F4N5OS. The van der Waals surface area contributed by atoms with E-state index < -0.39 is 40.2 Å². The number of nitriles is 2. The fourth-order valence-electron chi connectivity index (χ4n) is 3.25. The first-order chi connectivity index (χ1) is 13.9. The van der Waals surface area contributed by atoms with Crippen molar-refractivity contribution >= 4 is 29.9 Å². The minimum absolute atomic E-state index is 0.194. The molecule has 0 N–H and O–H groups in total. The highest BCUT2D eigenvalue weighted by molar-refractivity contribution is 7.81. The molecule has 0 radical (unpaired) electrons. The molecule has 1 unspecified atom stereocenters. The average molecular weight is 435 g/mol. The van der Waals surface area contributed by atoms with Gasteiger partial charge in [-0.15, -0.1) is 12.6 Å². The molecule has 0 bridgehead atoms. The van der Waals surface area contributed by atoms with Gasteiger partial charge in [0.05, 0.1) is 23.0 Å². The Morgan fingerprint density at radius 2 is 1.83 bits per heavy atom. The van der Waals surface area contributed by atoms with Crippen LogP contribution in [0.4, 0.5) is 28.9 Å². The predicted octanol–water partition coefficient (Wildman–Crippen LogP) is 3.83. The van der Waals surface area contributed by atoms with Gasteiger partial charge in [-0.05, 0) is 38.1 Å². The first kappa shape index (κ1) is 21.4. The van der Waals surface area contributed by atoms with Gasteiger partial charge in [-0.2, -0.15) is 23.7 Å². The van der Waals surface area contributed by atoms with E-state index in [4.69, 9.17) is 10.5 Å². The fourth-order valence-corrected chi connectivity index (χ4v) is 3.91. The van der Waals surface area contributed by atoms with Crippen LogP contribution in [0.1, 0.15) is 30.7 Å². The number of aromatic nitrogens is 1. The van der Waals surface area contributed by atoms with Gasteiger partial charge in [-0.1, -0.05) is 0 Å². The van der Waals surface area contributed by atoms with E-state index in [9.17, 15) is 22.4 Å². The van der Waals surface area contributed by atoms with Gasteiger partial charge in [0.1, 0.15) is 23.5 Å². The van der Waals surface area contributed by atoms with Crippen LogP contribution in [0.25, 0.3) is 0 Å². The number of alkyl halides is 3. The van der Waals surface area contributed by atoms with Crippen molar-refractivity contribution in [2.45, 2.75) is 31.1 Å². The summed E-state index contributed by atoms with van der Waals surface area (Å²) in [7, 11) is 0. The molecule has 1 aliphatic heterocycles. The molecule has 1 aromatic heterocycles. The number of amides is 1. The lowest BCUT2D eigenvalue weighted by Gasteiger charge is -2.33. The van der Waals surface area contributed by atoms with Gasteiger partial charge in [0, 0.05) is 5.69 Å². The Labute approximate surface area is 174 Å². The molecule has 1 amide bonds. The molecule has 2 aromatic rings. The highest BCUT2D eigenvalue weighted by Crippen LogP contribution is 2.42. The number of pyridine rings is 1. The first-order valence-electron chi connectivity index (χ1n) is 8.41. The van der Waals surface area contributed by atoms with Crippen LogP contribution in [0.3, 0.4) is 0 Å². The van der Waals surface area contributed by atoms with Gasteiger partial charge < -0.3 is 4.90 Å². The van der Waals surface area contributed by atoms with Crippen LogP contribution in [-0.2, 0) is 11.0 Å². The zero-order valence-electron chi connectivity index (χ0n) is 15.6. The number of benzene rings is 1. The summed E-state index contributed by atoms with van der Waals surface area (Å²) in [6.07, 6.45) is -3.87. The SMILES string of the molecule is CC1(C)C(=O)N(c2cnc(C#N)c(C(F)(F)F)c2)C(S)N1c1ccc(C#N)c(F)c1. The standard InChI is InChI=1S/C19H13F4N5OS/c1-18(2)16(29)27(12-5-13(19(21,22)23)15(8-25)26-9-12)17(30)28(18)11-4-3-10(7-24)14(20)6-11/h3-6,9,17,30H,1-2H3. The Morgan fingerprint density at radius 3 is 2.37 bits per heavy atom. The van der Waals surface area contributed by atoms with Crippen LogP contribution >= 0.6 is 12.6 Å². The van der Waals surface area contributed by atoms with Crippen LogP contribution in [0.5, 0.6) is 0 Å². The van der Waals surface area contributed by atoms with Crippen molar-refractivity contribution in [3.63, 3.8) is 0 Å². The zero-order valence-corrected chi connectivity index (χ0v) is 16.5. The van der Waals surface area contributed by atoms with Gasteiger partial charge >= 0.3 is 6.18 Å². The number of rotatable bonds is 2. The molecule has 30 heavy (non-hydrogen) atoms. The lowest BCUT2D eigenvalue weighted by Crippen LogP contribution is -2.45. The number of nitrogens with zero attached hydrogens (tertiary/aromatic N) is 5. The summed E-state index contributed by atoms with van der Waals surface area (Å²) in [6.45, 7) is 3.02. The van der Waals surface area contributed by atoms with E-state index >= 15 is 0 Å². The van der Waals surface area contributed by atoms with E-state index in [0.29, 0.717) is 6.07 Å². The fraction of sp³-hybridized carbons (Fsp3) is 0.263. The maximum Gasteiger partial charge on any atom is 0.419 e. The Bertz CT molecular complexity index is 1120. The molecule has 1 fully saturated rings. The lowest BCUT2D eigenvalue weighted by atomic mass is 10.0. The van der Waals surface area contributed by atoms with E-state index in [1.165, 1.54) is 36.9 Å². The Morgan fingerprint density at radius 1 is 1.17 bits per heavy atom. The van der Waals surface area contributed by atoms with Crippen molar-refractivity contribution in [3.8, 4) is 12.1 Å². The topological polar surface area (TPSA) is 84.0 Å². The summed E-state index contributed by atoms with van der Waals surface area (Å²) in [5.41, 5.74) is -4.70. The molecule has 2 heterocycles. The van der Waals surface area contributed by atoms with Crippen LogP contribution in [0.2, 0.25) is 0 Å². The average Bonchev–Trinajstić information content (AvgIpc) is 2.85. The molecule has 1 aliphatic rings. The van der Waals surface area contributed by atoms with E-state index in [-0.39, 0.29) is 16.9 Å². The first-order valence-corrected chi connectivity index (χ1v) is 8.93. The zero-order chi connectivity index (χ0) is 22.4. The van der Waals surface area contributed by atoms with E-state index in [0.717, 1.165) is 17.2 Å². The highest BCUT2D eigenvalue weighted by atomic mass is 32.1. The van der Waals surface area contributed by atoms with Gasteiger partial charge in [0.15, 0.2) is 11.2 Å².